The average Bonchev–Trinajstić information content (AvgIpc) is 1.59. The highest BCUT2D eigenvalue weighted by Crippen LogP contribution is 2.44. The molecule has 15 aromatic carbocycles. The molecule has 0 aliphatic carbocycles. The minimum atomic E-state index is -1.40. The number of nitro benzene ring substituents is 2. The van der Waals surface area contributed by atoms with E-state index < -0.39 is 20.0 Å². The Morgan fingerprint density at radius 3 is 1.25 bits per heavy atom. The third-order valence-corrected chi connectivity index (χ3v) is 28.5. The molecule has 0 amide bonds. The van der Waals surface area contributed by atoms with Crippen molar-refractivity contribution in [3.05, 3.63) is 364 Å². The van der Waals surface area contributed by atoms with Crippen molar-refractivity contribution in [3.63, 3.8) is 0 Å². The second kappa shape index (κ2) is 33.4. The first-order chi connectivity index (χ1) is 54.0. The van der Waals surface area contributed by atoms with Crippen LogP contribution in [-0.2, 0) is 0 Å². The number of fused-ring (bicyclic) bond motifs is 19. The fourth-order valence-electron chi connectivity index (χ4n) is 13.8. The van der Waals surface area contributed by atoms with Gasteiger partial charge in [-0.2, -0.15) is 0 Å². The van der Waals surface area contributed by atoms with Crippen LogP contribution in [0.15, 0.2) is 344 Å². The van der Waals surface area contributed by atoms with Gasteiger partial charge in [-0.15, -0.1) is 45.3 Å². The number of aromatic amines is 2. The molecule has 0 saturated heterocycles. The monoisotopic (exact) mass is 1850 g/mol. The summed E-state index contributed by atoms with van der Waals surface area (Å²) in [6.45, 7) is 0. The van der Waals surface area contributed by atoms with Crippen LogP contribution in [0.2, 0.25) is 0 Å². The molecule has 0 atom stereocenters. The molecule has 0 unspecified atom stereocenters. The van der Waals surface area contributed by atoms with Crippen LogP contribution in [0.25, 0.3) is 135 Å². The van der Waals surface area contributed by atoms with E-state index in [1.807, 2.05) is 83.3 Å². The van der Waals surface area contributed by atoms with Crippen LogP contribution in [0.1, 0.15) is 0 Å². The van der Waals surface area contributed by atoms with Crippen LogP contribution >= 0.6 is 133 Å². The molecule has 6 aromatic heterocycles. The Bertz CT molecular complexity index is 6970. The maximum atomic E-state index is 11.4. The normalized spacial score (nSPS) is 11.2. The van der Waals surface area contributed by atoms with Crippen molar-refractivity contribution in [1.29, 1.82) is 0 Å². The van der Waals surface area contributed by atoms with Crippen molar-refractivity contribution in [2.24, 2.45) is 0 Å². The molecule has 0 fully saturated rings. The van der Waals surface area contributed by atoms with E-state index in [4.69, 9.17) is 10.0 Å². The smallest absolute Gasteiger partial charge is 0.423 e. The van der Waals surface area contributed by atoms with Gasteiger partial charge < -0.3 is 20.0 Å². The standard InChI is InChI=1S/C18H10BrNO2S.2C18H10BrNS.C18H15P.C12H9BO2S.C6H3Br2NO2/c19-12-6-7-13(16(10-12)20(21)22)11-5-8-18-15(9-11)14-3-1-2-4-17(14)23-18;19-10-5-6-11-13-8-14-12-3-1-2-4-17(12)21-18(14)9-16(13)20-15(11)7-10;19-10-5-6-11-12-7-8-16-17(18(12)20-14(11)9-10)13-3-1-2-4-15(13)21-16;1-4-10-16(11-5-1)19(17-12-6-2-7-13-17)18-14-8-3-9-15-18;14-13(15)8-5-6-12-10(7-8)9-3-1-2-4-11(9)16-12;7-4-1-2-5(8)6(3-4)9(10)11/h1-10H;2*1-9,20H;1-15H;1-7,14-15H;1-3H. The molecule has 21 rings (SSSR count). The number of halogens is 5. The highest BCUT2D eigenvalue weighted by atomic mass is 79.9. The van der Waals surface area contributed by atoms with Gasteiger partial charge >= 0.3 is 7.12 Å². The number of rotatable bonds is 7. The maximum absolute atomic E-state index is 11.4. The fourth-order valence-corrected chi connectivity index (χ4v) is 22.3. The molecule has 0 spiro atoms. The van der Waals surface area contributed by atoms with E-state index in [0.717, 1.165) is 25.3 Å². The molecule has 6 heterocycles. The van der Waals surface area contributed by atoms with E-state index in [1.165, 1.54) is 136 Å². The van der Waals surface area contributed by atoms with E-state index in [0.29, 0.717) is 24.4 Å². The van der Waals surface area contributed by atoms with Crippen molar-refractivity contribution in [1.82, 2.24) is 9.97 Å². The summed E-state index contributed by atoms with van der Waals surface area (Å²) >= 11 is 23.8. The van der Waals surface area contributed by atoms with Crippen LogP contribution in [0, 0.1) is 20.2 Å². The Morgan fingerprint density at radius 1 is 0.315 bits per heavy atom. The molecular weight excluding hydrogens is 1800 g/mol. The molecule has 21 heteroatoms. The van der Waals surface area contributed by atoms with Gasteiger partial charge in [-0.1, -0.05) is 264 Å². The third-order valence-electron chi connectivity index (χ3n) is 18.8. The quantitative estimate of drug-likeness (QED) is 0.0538. The SMILES string of the molecule is Brc1ccc2c(c1)[nH]c1c2ccc2sc3ccccc3c21.Brc1ccc2c(c1)[nH]c1cc3sc4ccccc4c3cc12.O=[N+]([O-])c1cc(Br)ccc1-c1ccc2sc3ccccc3c2c1.O=[N+]([O-])c1cc(Br)ccc1Br.OB(O)c1ccc2sc3ccccc3c2c1.c1ccc(P(c2ccccc2)c2ccccc2)cc1. The lowest BCUT2D eigenvalue weighted by Gasteiger charge is -2.18. The molecule has 111 heavy (non-hydrogen) atoms. The molecule has 0 aliphatic heterocycles. The molecular formula is C90H57BBr5N4O6PS4. The predicted octanol–water partition coefficient (Wildman–Crippen LogP) is 27.6. The third kappa shape index (κ3) is 16.1. The zero-order valence-corrected chi connectivity index (χ0v) is 70.2. The van der Waals surface area contributed by atoms with Gasteiger partial charge in [0, 0.05) is 143 Å². The summed E-state index contributed by atoms with van der Waals surface area (Å²) in [7, 11) is -1.85. The topological polar surface area (TPSA) is 158 Å². The van der Waals surface area contributed by atoms with E-state index in [2.05, 4.69) is 314 Å². The number of hydrogen-bond acceptors (Lipinski definition) is 10. The first kappa shape index (κ1) is 75.4. The van der Waals surface area contributed by atoms with Gasteiger partial charge in [-0.3, -0.25) is 20.2 Å². The molecule has 0 radical (unpaired) electrons. The molecule has 0 aliphatic rings. The Kier molecular flexibility index (Phi) is 22.7. The van der Waals surface area contributed by atoms with Crippen molar-refractivity contribution in [2.75, 3.05) is 0 Å². The summed E-state index contributed by atoms with van der Waals surface area (Å²) in [5.41, 5.74) is 7.04. The predicted molar refractivity (Wildman–Crippen MR) is 495 cm³/mol. The van der Waals surface area contributed by atoms with Gasteiger partial charge in [0.1, 0.15) is 0 Å². The highest BCUT2D eigenvalue weighted by Gasteiger charge is 2.21. The molecule has 21 aromatic rings. The van der Waals surface area contributed by atoms with Gasteiger partial charge in [0.2, 0.25) is 0 Å². The van der Waals surface area contributed by atoms with Gasteiger partial charge in [0.25, 0.3) is 11.4 Å². The fraction of sp³-hybridized carbons (Fsp3) is 0. The van der Waals surface area contributed by atoms with Crippen LogP contribution in [0.3, 0.4) is 0 Å². The van der Waals surface area contributed by atoms with Crippen molar-refractivity contribution in [3.8, 4) is 11.1 Å². The average molecular weight is 1860 g/mol. The highest BCUT2D eigenvalue weighted by molar-refractivity contribution is 9.11. The van der Waals surface area contributed by atoms with E-state index in [-0.39, 0.29) is 16.3 Å². The Morgan fingerprint density at radius 2 is 0.712 bits per heavy atom. The van der Waals surface area contributed by atoms with Gasteiger partial charge in [-0.05, 0) is 165 Å². The second-order valence-electron chi connectivity index (χ2n) is 25.7. The number of H-pyrrole nitrogens is 2. The van der Waals surface area contributed by atoms with Crippen LogP contribution < -0.4 is 21.4 Å². The number of hydrogen-bond donors (Lipinski definition) is 4. The summed E-state index contributed by atoms with van der Waals surface area (Å²) in [5, 5.41) is 59.3. The summed E-state index contributed by atoms with van der Waals surface area (Å²) < 4.78 is 14.3. The van der Waals surface area contributed by atoms with E-state index in [1.54, 1.807) is 53.0 Å². The van der Waals surface area contributed by atoms with Gasteiger partial charge in [0.05, 0.1) is 25.4 Å². The lowest BCUT2D eigenvalue weighted by Crippen LogP contribution is -2.29. The second-order valence-corrected chi connectivity index (χ2v) is 36.8. The number of benzene rings is 15. The largest absolute Gasteiger partial charge is 0.488 e. The van der Waals surface area contributed by atoms with Crippen LogP contribution in [0.5, 0.6) is 0 Å². The van der Waals surface area contributed by atoms with Crippen molar-refractivity contribution in [2.45, 2.75) is 0 Å². The lowest BCUT2D eigenvalue weighted by molar-refractivity contribution is -0.385. The summed E-state index contributed by atoms with van der Waals surface area (Å²) in [5.74, 6) is 0. The summed E-state index contributed by atoms with van der Waals surface area (Å²) in [6, 6.07) is 109. The first-order valence-electron chi connectivity index (χ1n) is 34.8. The van der Waals surface area contributed by atoms with Crippen LogP contribution in [0.4, 0.5) is 11.4 Å². The number of nitrogens with zero attached hydrogens (tertiary/aromatic N) is 2. The summed E-state index contributed by atoms with van der Waals surface area (Å²) in [6.07, 6.45) is 0. The van der Waals surface area contributed by atoms with E-state index >= 15 is 0 Å². The number of thiophene rings is 4. The Hall–Kier alpha value is -9.61. The maximum Gasteiger partial charge on any atom is 0.488 e. The van der Waals surface area contributed by atoms with E-state index in [9.17, 15) is 20.2 Å². The van der Waals surface area contributed by atoms with Crippen molar-refractivity contribution >= 4 is 297 Å². The summed E-state index contributed by atoms with van der Waals surface area (Å²) in [4.78, 5) is 28.1. The zero-order chi connectivity index (χ0) is 76.4. The van der Waals surface area contributed by atoms with Gasteiger partial charge in [-0.25, -0.2) is 0 Å². The van der Waals surface area contributed by atoms with Crippen LogP contribution in [-0.4, -0.2) is 37.0 Å². The molecule has 540 valence electrons. The number of aromatic nitrogens is 2. The Balaban J connectivity index is 0.000000102. The number of nitro groups is 2. The number of nitrogens with one attached hydrogen (secondary N) is 2. The molecule has 4 N–H and O–H groups in total. The lowest BCUT2D eigenvalue weighted by atomic mass is 9.80. The first-order valence-corrected chi connectivity index (χ1v) is 43.3. The molecule has 0 bridgehead atoms. The van der Waals surface area contributed by atoms with Crippen molar-refractivity contribution < 1.29 is 19.9 Å². The zero-order valence-electron chi connectivity index (χ0n) is 58.1. The Labute approximate surface area is 695 Å². The molecule has 0 saturated carbocycles. The minimum Gasteiger partial charge on any atom is -0.423 e. The molecule has 10 nitrogen and oxygen atoms in total. The van der Waals surface area contributed by atoms with Gasteiger partial charge in [0.15, 0.2) is 0 Å². The minimum absolute atomic E-state index is 0.0689.